The lowest BCUT2D eigenvalue weighted by Gasteiger charge is -2.21. The van der Waals surface area contributed by atoms with E-state index in [9.17, 15) is 4.79 Å². The van der Waals surface area contributed by atoms with Crippen LogP contribution in [0.2, 0.25) is 0 Å². The number of likely N-dealkylation sites (tertiary alicyclic amines) is 1. The summed E-state index contributed by atoms with van der Waals surface area (Å²) in [6.45, 7) is 5.48. The molecule has 7 heteroatoms. The number of benzene rings is 1. The largest absolute Gasteiger partial charge is 0.326 e. The van der Waals surface area contributed by atoms with Crippen molar-refractivity contribution in [3.8, 4) is 17.5 Å². The molecule has 0 aliphatic carbocycles. The summed E-state index contributed by atoms with van der Waals surface area (Å²) in [5, 5.41) is 16.9. The zero-order valence-electron chi connectivity index (χ0n) is 15.2. The third kappa shape index (κ3) is 4.09. The van der Waals surface area contributed by atoms with Crippen LogP contribution < -0.4 is 5.32 Å². The Bertz CT molecular complexity index is 794. The fourth-order valence-electron chi connectivity index (χ4n) is 3.19. The van der Waals surface area contributed by atoms with E-state index in [4.69, 9.17) is 5.26 Å². The first kappa shape index (κ1) is 18.1. The molecule has 0 saturated carbocycles. The van der Waals surface area contributed by atoms with Gasteiger partial charge >= 0.3 is 0 Å². The standard InChI is InChI=1S/C19H24N6O/c1-14(21-12-18(26)24-10-6-9-17(24)11-20)13-25-15(2)22-19(23-25)16-7-4-3-5-8-16/h3-5,7-8,14,17,21H,6,9-10,12-13H2,1-2H3/t14-,17-/m0/s1. The van der Waals surface area contributed by atoms with E-state index in [1.807, 2.05) is 48.9 Å². The van der Waals surface area contributed by atoms with Crippen LogP contribution in [0.5, 0.6) is 0 Å². The number of nitrogens with zero attached hydrogens (tertiary/aromatic N) is 5. The summed E-state index contributed by atoms with van der Waals surface area (Å²) in [6, 6.07) is 11.9. The van der Waals surface area contributed by atoms with Crippen molar-refractivity contribution in [2.24, 2.45) is 0 Å². The molecule has 7 nitrogen and oxygen atoms in total. The van der Waals surface area contributed by atoms with Crippen LogP contribution in [0.1, 0.15) is 25.6 Å². The minimum absolute atomic E-state index is 0.0128. The average molecular weight is 352 g/mol. The maximum absolute atomic E-state index is 12.3. The van der Waals surface area contributed by atoms with E-state index in [1.54, 1.807) is 4.90 Å². The van der Waals surface area contributed by atoms with Gasteiger partial charge in [0.05, 0.1) is 19.2 Å². The highest BCUT2D eigenvalue weighted by molar-refractivity contribution is 5.79. The number of hydrogen-bond acceptors (Lipinski definition) is 5. The van der Waals surface area contributed by atoms with Gasteiger partial charge in [0.2, 0.25) is 5.91 Å². The number of nitrogens with one attached hydrogen (secondary N) is 1. The smallest absolute Gasteiger partial charge is 0.237 e. The molecule has 2 atom stereocenters. The van der Waals surface area contributed by atoms with Crippen LogP contribution in [0.25, 0.3) is 11.4 Å². The maximum atomic E-state index is 12.3. The Kier molecular flexibility index (Phi) is 5.64. The van der Waals surface area contributed by atoms with E-state index < -0.39 is 0 Å². The zero-order valence-corrected chi connectivity index (χ0v) is 15.2. The van der Waals surface area contributed by atoms with Crippen molar-refractivity contribution in [2.75, 3.05) is 13.1 Å². The number of hydrogen-bond donors (Lipinski definition) is 1. The third-order valence-corrected chi connectivity index (χ3v) is 4.66. The number of rotatable bonds is 6. The molecular weight excluding hydrogens is 328 g/mol. The van der Waals surface area contributed by atoms with Crippen LogP contribution >= 0.6 is 0 Å². The Morgan fingerprint density at radius 2 is 2.19 bits per heavy atom. The Morgan fingerprint density at radius 1 is 1.42 bits per heavy atom. The number of carbonyl (C=O) groups excluding carboxylic acids is 1. The summed E-state index contributed by atoms with van der Waals surface area (Å²) in [5.74, 6) is 1.54. The lowest BCUT2D eigenvalue weighted by molar-refractivity contribution is -0.130. The molecule has 2 heterocycles. The van der Waals surface area contributed by atoms with Crippen LogP contribution in [0, 0.1) is 18.3 Å². The third-order valence-electron chi connectivity index (χ3n) is 4.66. The summed E-state index contributed by atoms with van der Waals surface area (Å²) in [5.41, 5.74) is 0.988. The van der Waals surface area contributed by atoms with Crippen LogP contribution in [-0.4, -0.2) is 50.7 Å². The Labute approximate surface area is 153 Å². The Morgan fingerprint density at radius 3 is 2.92 bits per heavy atom. The van der Waals surface area contributed by atoms with Crippen LogP contribution in [0.4, 0.5) is 0 Å². The first-order chi connectivity index (χ1) is 12.6. The van der Waals surface area contributed by atoms with Gasteiger partial charge in [-0.2, -0.15) is 10.4 Å². The molecule has 1 aromatic heterocycles. The molecule has 1 aliphatic rings. The van der Waals surface area contributed by atoms with Gasteiger partial charge in [-0.1, -0.05) is 30.3 Å². The Balaban J connectivity index is 1.55. The number of carbonyl (C=O) groups is 1. The molecule has 1 aliphatic heterocycles. The molecule has 0 radical (unpaired) electrons. The molecule has 1 N–H and O–H groups in total. The van der Waals surface area contributed by atoms with E-state index in [-0.39, 0.29) is 24.5 Å². The van der Waals surface area contributed by atoms with Gasteiger partial charge in [-0.15, -0.1) is 0 Å². The summed E-state index contributed by atoms with van der Waals surface area (Å²) in [7, 11) is 0. The van der Waals surface area contributed by atoms with Crippen LogP contribution in [0.15, 0.2) is 30.3 Å². The van der Waals surface area contributed by atoms with Crippen molar-refractivity contribution in [3.63, 3.8) is 0 Å². The van der Waals surface area contributed by atoms with E-state index in [2.05, 4.69) is 21.5 Å². The quantitative estimate of drug-likeness (QED) is 0.856. The predicted octanol–water partition coefficient (Wildman–Crippen LogP) is 1.75. The van der Waals surface area contributed by atoms with Gasteiger partial charge in [-0.05, 0) is 26.7 Å². The Hall–Kier alpha value is -2.72. The second-order valence-corrected chi connectivity index (χ2v) is 6.69. The van der Waals surface area contributed by atoms with Crippen LogP contribution in [-0.2, 0) is 11.3 Å². The zero-order chi connectivity index (χ0) is 18.5. The van der Waals surface area contributed by atoms with E-state index >= 15 is 0 Å². The van der Waals surface area contributed by atoms with Gasteiger partial charge in [-0.3, -0.25) is 4.79 Å². The van der Waals surface area contributed by atoms with E-state index in [0.717, 1.165) is 24.2 Å². The van der Waals surface area contributed by atoms with Gasteiger partial charge in [0, 0.05) is 18.2 Å². The lowest BCUT2D eigenvalue weighted by atomic mass is 10.2. The summed E-state index contributed by atoms with van der Waals surface area (Å²) >= 11 is 0. The van der Waals surface area contributed by atoms with Gasteiger partial charge in [0.25, 0.3) is 0 Å². The summed E-state index contributed by atoms with van der Waals surface area (Å²) < 4.78 is 1.86. The van der Waals surface area contributed by atoms with Gasteiger partial charge in [0.15, 0.2) is 5.82 Å². The maximum Gasteiger partial charge on any atom is 0.237 e. The minimum Gasteiger partial charge on any atom is -0.326 e. The van der Waals surface area contributed by atoms with Crippen molar-refractivity contribution in [2.45, 2.75) is 45.3 Å². The molecular formula is C19H24N6O. The van der Waals surface area contributed by atoms with Crippen LogP contribution in [0.3, 0.4) is 0 Å². The highest BCUT2D eigenvalue weighted by Gasteiger charge is 2.28. The SMILES string of the molecule is Cc1nc(-c2ccccc2)nn1C[C@H](C)NCC(=O)N1CCC[C@H]1C#N. The molecule has 1 fully saturated rings. The van der Waals surface area contributed by atoms with Gasteiger partial charge in [-0.25, -0.2) is 9.67 Å². The molecule has 3 rings (SSSR count). The molecule has 1 aromatic carbocycles. The molecule has 0 bridgehead atoms. The summed E-state index contributed by atoms with van der Waals surface area (Å²) in [4.78, 5) is 18.5. The molecule has 26 heavy (non-hydrogen) atoms. The first-order valence-corrected chi connectivity index (χ1v) is 8.98. The number of amides is 1. The van der Waals surface area contributed by atoms with Crippen molar-refractivity contribution in [1.29, 1.82) is 5.26 Å². The van der Waals surface area contributed by atoms with Gasteiger partial charge in [0.1, 0.15) is 11.9 Å². The highest BCUT2D eigenvalue weighted by Crippen LogP contribution is 2.16. The molecule has 0 spiro atoms. The van der Waals surface area contributed by atoms with Crippen molar-refractivity contribution >= 4 is 5.91 Å². The molecule has 0 unspecified atom stereocenters. The van der Waals surface area contributed by atoms with E-state index in [0.29, 0.717) is 18.9 Å². The number of aromatic nitrogens is 3. The second kappa shape index (κ2) is 8.11. The topological polar surface area (TPSA) is 86.8 Å². The van der Waals surface area contributed by atoms with Gasteiger partial charge < -0.3 is 10.2 Å². The molecule has 1 amide bonds. The fraction of sp³-hybridized carbons (Fsp3) is 0.474. The predicted molar refractivity (Wildman–Crippen MR) is 98.0 cm³/mol. The lowest BCUT2D eigenvalue weighted by Crippen LogP contribution is -2.43. The number of aryl methyl sites for hydroxylation is 1. The van der Waals surface area contributed by atoms with Crippen molar-refractivity contribution in [1.82, 2.24) is 25.0 Å². The highest BCUT2D eigenvalue weighted by atomic mass is 16.2. The van der Waals surface area contributed by atoms with E-state index in [1.165, 1.54) is 0 Å². The average Bonchev–Trinajstić information content (AvgIpc) is 3.27. The molecule has 1 saturated heterocycles. The van der Waals surface area contributed by atoms with Crippen molar-refractivity contribution < 1.29 is 4.79 Å². The fourth-order valence-corrected chi connectivity index (χ4v) is 3.19. The number of nitriles is 1. The molecule has 136 valence electrons. The normalized spacial score (nSPS) is 17.9. The van der Waals surface area contributed by atoms with Crippen molar-refractivity contribution in [3.05, 3.63) is 36.2 Å². The monoisotopic (exact) mass is 352 g/mol. The minimum atomic E-state index is -0.273. The summed E-state index contributed by atoms with van der Waals surface area (Å²) in [6.07, 6.45) is 1.68. The first-order valence-electron chi connectivity index (χ1n) is 8.98. The second-order valence-electron chi connectivity index (χ2n) is 6.69. The molecule has 2 aromatic rings.